The maximum atomic E-state index is 12.5. The van der Waals surface area contributed by atoms with E-state index in [0.29, 0.717) is 13.1 Å². The fraction of sp³-hybridized carbons (Fsp3) is 0.833. The fourth-order valence-electron chi connectivity index (χ4n) is 3.25. The fourth-order valence-corrected chi connectivity index (χ4v) is 3.25. The van der Waals surface area contributed by atoms with Gasteiger partial charge in [-0.25, -0.2) is 0 Å². The van der Waals surface area contributed by atoms with E-state index in [1.165, 1.54) is 0 Å². The summed E-state index contributed by atoms with van der Waals surface area (Å²) in [4.78, 5) is 26.1. The zero-order valence-electron chi connectivity index (χ0n) is 10.4. The molecule has 3 saturated heterocycles. The van der Waals surface area contributed by atoms with Crippen LogP contribution in [0.25, 0.3) is 0 Å². The Morgan fingerprint density at radius 3 is 2.94 bits per heavy atom. The van der Waals surface area contributed by atoms with E-state index in [0.717, 1.165) is 32.5 Å². The van der Waals surface area contributed by atoms with Gasteiger partial charge in [-0.2, -0.15) is 0 Å². The van der Waals surface area contributed by atoms with E-state index in [1.54, 1.807) is 0 Å². The van der Waals surface area contributed by atoms with Crippen LogP contribution in [0.2, 0.25) is 0 Å². The lowest BCUT2D eigenvalue weighted by Gasteiger charge is -2.39. The lowest BCUT2D eigenvalue weighted by Crippen LogP contribution is -2.60. The summed E-state index contributed by atoms with van der Waals surface area (Å²) in [6.07, 6.45) is 1.84. The first-order chi connectivity index (χ1) is 8.77. The van der Waals surface area contributed by atoms with Crippen molar-refractivity contribution in [1.82, 2.24) is 20.9 Å². The molecule has 0 spiro atoms. The van der Waals surface area contributed by atoms with E-state index >= 15 is 0 Å². The Morgan fingerprint density at radius 1 is 1.28 bits per heavy atom. The van der Waals surface area contributed by atoms with Gasteiger partial charge in [0, 0.05) is 32.7 Å². The molecule has 6 nitrogen and oxygen atoms in total. The summed E-state index contributed by atoms with van der Waals surface area (Å²) in [7, 11) is 0. The van der Waals surface area contributed by atoms with Crippen molar-refractivity contribution >= 4 is 11.8 Å². The largest absolute Gasteiger partial charge is 0.354 e. The summed E-state index contributed by atoms with van der Waals surface area (Å²) in [5, 5.41) is 9.36. The predicted molar refractivity (Wildman–Crippen MR) is 65.9 cm³/mol. The molecule has 18 heavy (non-hydrogen) atoms. The second kappa shape index (κ2) is 4.85. The number of amides is 2. The first kappa shape index (κ1) is 11.9. The number of hydrogen-bond donors (Lipinski definition) is 3. The molecule has 0 saturated carbocycles. The van der Waals surface area contributed by atoms with Crippen LogP contribution in [0.15, 0.2) is 0 Å². The van der Waals surface area contributed by atoms with E-state index in [2.05, 4.69) is 16.0 Å². The average Bonchev–Trinajstić information content (AvgIpc) is 2.81. The molecule has 0 radical (unpaired) electrons. The predicted octanol–water partition coefficient (Wildman–Crippen LogP) is -1.72. The van der Waals surface area contributed by atoms with Gasteiger partial charge in [0.2, 0.25) is 11.8 Å². The van der Waals surface area contributed by atoms with Crippen LogP contribution in [0, 0.1) is 5.92 Å². The van der Waals surface area contributed by atoms with E-state index in [1.807, 2.05) is 4.90 Å². The van der Waals surface area contributed by atoms with Gasteiger partial charge in [0.15, 0.2) is 0 Å². The molecule has 3 atom stereocenters. The number of carbonyl (C=O) groups is 2. The van der Waals surface area contributed by atoms with Gasteiger partial charge in [0.1, 0.15) is 0 Å². The Kier molecular flexibility index (Phi) is 3.22. The van der Waals surface area contributed by atoms with Gasteiger partial charge in [0.25, 0.3) is 0 Å². The molecule has 3 rings (SSSR count). The highest BCUT2D eigenvalue weighted by atomic mass is 16.2. The Labute approximate surface area is 106 Å². The normalized spacial score (nSPS) is 36.1. The van der Waals surface area contributed by atoms with Gasteiger partial charge < -0.3 is 20.9 Å². The van der Waals surface area contributed by atoms with E-state index in [-0.39, 0.29) is 29.8 Å². The van der Waals surface area contributed by atoms with Gasteiger partial charge in [-0.05, 0) is 12.8 Å². The highest BCUT2D eigenvalue weighted by Crippen LogP contribution is 2.27. The molecule has 3 aliphatic heterocycles. The minimum Gasteiger partial charge on any atom is -0.354 e. The van der Waals surface area contributed by atoms with Gasteiger partial charge in [-0.1, -0.05) is 0 Å². The van der Waals surface area contributed by atoms with Gasteiger partial charge in [-0.3, -0.25) is 9.59 Å². The van der Waals surface area contributed by atoms with Crippen LogP contribution in [0.1, 0.15) is 12.8 Å². The smallest absolute Gasteiger partial charge is 0.241 e. The molecule has 0 aliphatic carbocycles. The molecular formula is C12H20N4O2. The molecule has 0 aromatic heterocycles. The summed E-state index contributed by atoms with van der Waals surface area (Å²) >= 11 is 0. The topological polar surface area (TPSA) is 73.5 Å². The first-order valence-corrected chi connectivity index (χ1v) is 6.79. The summed E-state index contributed by atoms with van der Waals surface area (Å²) in [6.45, 7) is 3.84. The molecule has 3 aliphatic rings. The minimum absolute atomic E-state index is 0.0132. The Balaban J connectivity index is 1.70. The molecule has 3 fully saturated rings. The second-order valence-electron chi connectivity index (χ2n) is 5.30. The number of likely N-dealkylation sites (tertiary alicyclic amines) is 1. The summed E-state index contributed by atoms with van der Waals surface area (Å²) in [5.74, 6) is 0.278. The van der Waals surface area contributed by atoms with Crippen molar-refractivity contribution in [3.05, 3.63) is 0 Å². The van der Waals surface area contributed by atoms with Crippen LogP contribution in [0.5, 0.6) is 0 Å². The number of rotatable bonds is 1. The van der Waals surface area contributed by atoms with Crippen LogP contribution >= 0.6 is 0 Å². The van der Waals surface area contributed by atoms with Crippen molar-refractivity contribution in [3.63, 3.8) is 0 Å². The molecule has 0 bridgehead atoms. The quantitative estimate of drug-likeness (QED) is 0.519. The zero-order chi connectivity index (χ0) is 12.5. The highest BCUT2D eigenvalue weighted by Gasteiger charge is 2.43. The SMILES string of the molecule is O=C1NCC2C1CCCN2C(=O)C1CNCCN1. The molecule has 3 heterocycles. The number of hydrogen-bond acceptors (Lipinski definition) is 4. The summed E-state index contributed by atoms with van der Waals surface area (Å²) in [5.41, 5.74) is 0. The third-order valence-corrected chi connectivity index (χ3v) is 4.22. The van der Waals surface area contributed by atoms with Gasteiger partial charge in [-0.15, -0.1) is 0 Å². The van der Waals surface area contributed by atoms with Crippen LogP contribution < -0.4 is 16.0 Å². The van der Waals surface area contributed by atoms with Crippen LogP contribution in [0.3, 0.4) is 0 Å². The maximum Gasteiger partial charge on any atom is 0.241 e. The standard InChI is InChI=1S/C12H20N4O2/c17-11-8-2-1-5-16(10(8)7-15-11)12(18)9-6-13-3-4-14-9/h8-10,13-14H,1-7H2,(H,15,17). The third kappa shape index (κ3) is 1.99. The lowest BCUT2D eigenvalue weighted by molar-refractivity contribution is -0.139. The number of carbonyl (C=O) groups excluding carboxylic acids is 2. The Morgan fingerprint density at radius 2 is 2.17 bits per heavy atom. The first-order valence-electron chi connectivity index (χ1n) is 6.79. The van der Waals surface area contributed by atoms with E-state index in [9.17, 15) is 9.59 Å². The van der Waals surface area contributed by atoms with Crippen LogP contribution in [-0.2, 0) is 9.59 Å². The zero-order valence-corrected chi connectivity index (χ0v) is 10.4. The number of piperidine rings is 1. The van der Waals surface area contributed by atoms with Crippen molar-refractivity contribution in [3.8, 4) is 0 Å². The molecule has 3 unspecified atom stereocenters. The van der Waals surface area contributed by atoms with Crippen molar-refractivity contribution in [1.29, 1.82) is 0 Å². The number of piperazine rings is 1. The Bertz CT molecular complexity index is 354. The van der Waals surface area contributed by atoms with Gasteiger partial charge in [0.05, 0.1) is 18.0 Å². The molecular weight excluding hydrogens is 232 g/mol. The highest BCUT2D eigenvalue weighted by molar-refractivity contribution is 5.86. The average molecular weight is 252 g/mol. The molecule has 2 amide bonds. The molecule has 6 heteroatoms. The summed E-state index contributed by atoms with van der Waals surface area (Å²) < 4.78 is 0. The number of fused-ring (bicyclic) bond motifs is 1. The number of nitrogens with one attached hydrogen (secondary N) is 3. The maximum absolute atomic E-state index is 12.5. The lowest BCUT2D eigenvalue weighted by atomic mass is 9.91. The van der Waals surface area contributed by atoms with Crippen molar-refractivity contribution < 1.29 is 9.59 Å². The molecule has 3 N–H and O–H groups in total. The van der Waals surface area contributed by atoms with Crippen LogP contribution in [-0.4, -0.2) is 61.5 Å². The monoisotopic (exact) mass is 252 g/mol. The summed E-state index contributed by atoms with van der Waals surface area (Å²) in [6, 6.07) is -0.0596. The number of nitrogens with zero attached hydrogens (tertiary/aromatic N) is 1. The van der Waals surface area contributed by atoms with Crippen molar-refractivity contribution in [2.24, 2.45) is 5.92 Å². The van der Waals surface area contributed by atoms with Crippen LogP contribution in [0.4, 0.5) is 0 Å². The Hall–Kier alpha value is -1.14. The second-order valence-corrected chi connectivity index (χ2v) is 5.30. The van der Waals surface area contributed by atoms with Crippen molar-refractivity contribution in [2.45, 2.75) is 24.9 Å². The van der Waals surface area contributed by atoms with E-state index < -0.39 is 0 Å². The third-order valence-electron chi connectivity index (χ3n) is 4.22. The van der Waals surface area contributed by atoms with E-state index in [4.69, 9.17) is 0 Å². The molecule has 0 aromatic rings. The minimum atomic E-state index is -0.131. The van der Waals surface area contributed by atoms with Gasteiger partial charge >= 0.3 is 0 Å². The molecule has 0 aromatic carbocycles. The molecule has 100 valence electrons. The van der Waals surface area contributed by atoms with Crippen molar-refractivity contribution in [2.75, 3.05) is 32.7 Å².